The van der Waals surface area contributed by atoms with Crippen LogP contribution in [0, 0.1) is 5.95 Å². The third-order valence-corrected chi connectivity index (χ3v) is 3.28. The molecule has 0 aliphatic heterocycles. The van der Waals surface area contributed by atoms with E-state index >= 15 is 0 Å². The molecular weight excluding hydrogens is 287 g/mol. The number of halogens is 1. The number of rotatable bonds is 2. The van der Waals surface area contributed by atoms with E-state index in [-0.39, 0.29) is 16.2 Å². The highest BCUT2D eigenvalue weighted by atomic mass is 32.1. The fourth-order valence-electron chi connectivity index (χ4n) is 1.81. The topological polar surface area (TPSA) is 98.0 Å². The normalized spacial score (nSPS) is 10.8. The van der Waals surface area contributed by atoms with E-state index in [1.165, 1.54) is 24.7 Å². The van der Waals surface area contributed by atoms with Crippen molar-refractivity contribution in [1.29, 1.82) is 0 Å². The maximum atomic E-state index is 14.4. The Morgan fingerprint density at radius 1 is 1.40 bits per heavy atom. The van der Waals surface area contributed by atoms with Crippen LogP contribution in [0.1, 0.15) is 10.4 Å². The molecule has 20 heavy (non-hydrogen) atoms. The molecule has 0 spiro atoms. The summed E-state index contributed by atoms with van der Waals surface area (Å²) in [5, 5.41) is 9.11. The van der Waals surface area contributed by atoms with Crippen LogP contribution in [0.4, 0.5) is 4.39 Å². The van der Waals surface area contributed by atoms with Gasteiger partial charge in [-0.2, -0.15) is 8.76 Å². The molecule has 3 heterocycles. The maximum absolute atomic E-state index is 14.4. The van der Waals surface area contributed by atoms with Gasteiger partial charge in [-0.1, -0.05) is 0 Å². The number of carbonyl (C=O) groups is 1. The summed E-state index contributed by atoms with van der Waals surface area (Å²) in [6.45, 7) is 0. The predicted molar refractivity (Wildman–Crippen MR) is 67.7 cm³/mol. The Morgan fingerprint density at radius 2 is 2.20 bits per heavy atom. The van der Waals surface area contributed by atoms with Gasteiger partial charge in [0.2, 0.25) is 16.5 Å². The number of pyridine rings is 2. The second-order valence-corrected chi connectivity index (χ2v) is 4.49. The van der Waals surface area contributed by atoms with E-state index in [1.54, 1.807) is 0 Å². The first-order chi connectivity index (χ1) is 9.61. The van der Waals surface area contributed by atoms with E-state index < -0.39 is 22.9 Å². The molecule has 100 valence electrons. The maximum Gasteiger partial charge on any atom is 0.344 e. The van der Waals surface area contributed by atoms with Crippen LogP contribution in [0.2, 0.25) is 0 Å². The summed E-state index contributed by atoms with van der Waals surface area (Å²) in [4.78, 5) is 30.9. The number of fused-ring (bicyclic) bond motifs is 1. The van der Waals surface area contributed by atoms with Crippen LogP contribution >= 0.6 is 11.5 Å². The molecule has 1 N–H and O–H groups in total. The molecule has 0 aliphatic carbocycles. The lowest BCUT2D eigenvalue weighted by atomic mass is 10.2. The molecule has 0 unspecified atom stereocenters. The van der Waals surface area contributed by atoms with Crippen LogP contribution in [0.5, 0.6) is 0 Å². The molecule has 9 heteroatoms. The molecule has 0 aromatic carbocycles. The monoisotopic (exact) mass is 292 g/mol. The zero-order chi connectivity index (χ0) is 14.3. The summed E-state index contributed by atoms with van der Waals surface area (Å²) in [5.74, 6) is -2.86. The van der Waals surface area contributed by atoms with Crippen molar-refractivity contribution in [3.63, 3.8) is 0 Å². The number of aromatic carboxylic acids is 1. The summed E-state index contributed by atoms with van der Waals surface area (Å²) in [5.41, 5.74) is -1.86. The van der Waals surface area contributed by atoms with Crippen molar-refractivity contribution in [3.05, 3.63) is 46.4 Å². The van der Waals surface area contributed by atoms with Crippen LogP contribution in [0.15, 0.2) is 29.5 Å². The second kappa shape index (κ2) is 4.46. The first-order valence-electron chi connectivity index (χ1n) is 5.31. The number of carboxylic acids is 1. The molecule has 7 nitrogen and oxygen atoms in total. The Labute approximate surface area is 114 Å². The fraction of sp³-hybridized carbons (Fsp3) is 0. The summed E-state index contributed by atoms with van der Waals surface area (Å²) in [7, 11) is 0. The fourth-order valence-corrected chi connectivity index (χ4v) is 2.34. The quantitative estimate of drug-likeness (QED) is 0.710. The van der Waals surface area contributed by atoms with Gasteiger partial charge < -0.3 is 5.11 Å². The van der Waals surface area contributed by atoms with Crippen LogP contribution < -0.4 is 5.43 Å². The van der Waals surface area contributed by atoms with Gasteiger partial charge in [-0.3, -0.25) is 4.79 Å². The van der Waals surface area contributed by atoms with Crippen molar-refractivity contribution in [2.24, 2.45) is 0 Å². The van der Waals surface area contributed by atoms with Gasteiger partial charge in [-0.15, -0.1) is 0 Å². The molecule has 0 saturated carbocycles. The van der Waals surface area contributed by atoms with Crippen molar-refractivity contribution in [2.45, 2.75) is 0 Å². The smallest absolute Gasteiger partial charge is 0.344 e. The van der Waals surface area contributed by atoms with Gasteiger partial charge in [0.05, 0.1) is 5.39 Å². The van der Waals surface area contributed by atoms with Crippen LogP contribution in [-0.4, -0.2) is 30.0 Å². The SMILES string of the molecule is O=C(O)c1c(F)n(-c2ncns2)c2ncccc2c1=O. The minimum Gasteiger partial charge on any atom is -0.477 e. The Bertz CT molecular complexity index is 875. The lowest BCUT2D eigenvalue weighted by Gasteiger charge is -2.09. The number of carboxylic acid groups (broad SMARTS) is 1. The van der Waals surface area contributed by atoms with E-state index in [9.17, 15) is 14.0 Å². The first kappa shape index (κ1) is 12.4. The van der Waals surface area contributed by atoms with Crippen molar-refractivity contribution in [3.8, 4) is 5.13 Å². The highest BCUT2D eigenvalue weighted by Gasteiger charge is 2.24. The standard InChI is InChI=1S/C11H5FN4O3S/c12-8-6(10(18)19)7(17)5-2-1-3-13-9(5)16(8)11-14-4-15-20-11/h1-4H,(H,18,19). The largest absolute Gasteiger partial charge is 0.477 e. The molecule has 0 bridgehead atoms. The average molecular weight is 292 g/mol. The number of aromatic nitrogens is 4. The zero-order valence-electron chi connectivity index (χ0n) is 9.65. The minimum absolute atomic E-state index is 0.00139. The highest BCUT2D eigenvalue weighted by Crippen LogP contribution is 2.19. The molecular formula is C11H5FN4O3S. The Hall–Kier alpha value is -2.68. The second-order valence-electron chi connectivity index (χ2n) is 3.73. The Balaban J connectivity index is 2.56. The first-order valence-corrected chi connectivity index (χ1v) is 6.08. The third kappa shape index (κ3) is 1.67. The number of hydrogen-bond donors (Lipinski definition) is 1. The third-order valence-electron chi connectivity index (χ3n) is 2.63. The van der Waals surface area contributed by atoms with Gasteiger partial charge in [0.15, 0.2) is 11.2 Å². The summed E-state index contributed by atoms with van der Waals surface area (Å²) >= 11 is 0.858. The molecule has 3 aromatic rings. The average Bonchev–Trinajstić information content (AvgIpc) is 2.92. The van der Waals surface area contributed by atoms with Gasteiger partial charge in [0.25, 0.3) is 0 Å². The zero-order valence-corrected chi connectivity index (χ0v) is 10.5. The molecule has 3 aromatic heterocycles. The number of hydrogen-bond acceptors (Lipinski definition) is 6. The molecule has 0 fully saturated rings. The summed E-state index contributed by atoms with van der Waals surface area (Å²) in [6.07, 6.45) is 2.58. The van der Waals surface area contributed by atoms with Crippen molar-refractivity contribution in [1.82, 2.24) is 18.9 Å². The van der Waals surface area contributed by atoms with Gasteiger partial charge in [0, 0.05) is 17.7 Å². The predicted octanol–water partition coefficient (Wildman–Crippen LogP) is 1.07. The van der Waals surface area contributed by atoms with Gasteiger partial charge in [-0.05, 0) is 12.1 Å². The molecule has 0 aliphatic rings. The van der Waals surface area contributed by atoms with Gasteiger partial charge >= 0.3 is 5.97 Å². The van der Waals surface area contributed by atoms with Gasteiger partial charge in [-0.25, -0.2) is 19.3 Å². The van der Waals surface area contributed by atoms with E-state index in [4.69, 9.17) is 5.11 Å². The lowest BCUT2D eigenvalue weighted by molar-refractivity contribution is 0.0689. The molecule has 0 atom stereocenters. The Kier molecular flexibility index (Phi) is 2.75. The lowest BCUT2D eigenvalue weighted by Crippen LogP contribution is -2.23. The van der Waals surface area contributed by atoms with E-state index in [0.717, 1.165) is 16.1 Å². The van der Waals surface area contributed by atoms with Crippen LogP contribution in [0.3, 0.4) is 0 Å². The van der Waals surface area contributed by atoms with E-state index in [2.05, 4.69) is 14.3 Å². The summed E-state index contributed by atoms with van der Waals surface area (Å²) < 4.78 is 19.0. The minimum atomic E-state index is -1.64. The van der Waals surface area contributed by atoms with Crippen molar-refractivity contribution in [2.75, 3.05) is 0 Å². The highest BCUT2D eigenvalue weighted by molar-refractivity contribution is 7.08. The number of nitrogens with zero attached hydrogens (tertiary/aromatic N) is 4. The van der Waals surface area contributed by atoms with Crippen LogP contribution in [-0.2, 0) is 0 Å². The van der Waals surface area contributed by atoms with E-state index in [1.807, 2.05) is 0 Å². The summed E-state index contributed by atoms with van der Waals surface area (Å²) in [6, 6.07) is 2.85. The molecule has 0 amide bonds. The van der Waals surface area contributed by atoms with Gasteiger partial charge in [0.1, 0.15) is 6.33 Å². The Morgan fingerprint density at radius 3 is 2.85 bits per heavy atom. The molecule has 3 rings (SSSR count). The molecule has 0 radical (unpaired) electrons. The molecule has 0 saturated heterocycles. The van der Waals surface area contributed by atoms with Crippen molar-refractivity contribution >= 4 is 28.5 Å². The van der Waals surface area contributed by atoms with Crippen molar-refractivity contribution < 1.29 is 14.3 Å². The van der Waals surface area contributed by atoms with E-state index in [0.29, 0.717) is 0 Å². The van der Waals surface area contributed by atoms with Crippen LogP contribution in [0.25, 0.3) is 16.2 Å².